The average Bonchev–Trinajstić information content (AvgIpc) is 2.48. The molecule has 1 unspecified atom stereocenters. The molecule has 118 valence electrons. The molecule has 1 saturated heterocycles. The monoisotopic (exact) mass is 310 g/mol. The molecule has 0 radical (unpaired) electrons. The molecule has 2 rings (SSSR count). The number of piperidine rings is 1. The van der Waals surface area contributed by atoms with Crippen LogP contribution in [0.4, 0.5) is 5.69 Å². The van der Waals surface area contributed by atoms with E-state index in [0.717, 1.165) is 56.2 Å². The fourth-order valence-electron chi connectivity index (χ4n) is 2.95. The van der Waals surface area contributed by atoms with Crippen molar-refractivity contribution < 1.29 is 5.11 Å². The molecule has 1 aromatic rings. The minimum absolute atomic E-state index is 0.199. The van der Waals surface area contributed by atoms with Gasteiger partial charge in [0.15, 0.2) is 0 Å². The Morgan fingerprint density at radius 2 is 2.10 bits per heavy atom. The Morgan fingerprint density at radius 3 is 2.67 bits per heavy atom. The Hall–Kier alpha value is -0.770. The Morgan fingerprint density at radius 1 is 1.38 bits per heavy atom. The van der Waals surface area contributed by atoms with Crippen LogP contribution in [0, 0.1) is 5.92 Å². The van der Waals surface area contributed by atoms with Crippen LogP contribution < -0.4 is 10.2 Å². The number of hydrogen-bond acceptors (Lipinski definition) is 3. The van der Waals surface area contributed by atoms with E-state index in [0.29, 0.717) is 5.92 Å². The summed E-state index contributed by atoms with van der Waals surface area (Å²) >= 11 is 6.46. The van der Waals surface area contributed by atoms with Gasteiger partial charge in [-0.1, -0.05) is 24.6 Å². The molecule has 1 fully saturated rings. The standard InChI is InChI=1S/C17H27ClN2O/c1-3-8-19-12-14-4-5-17(16(18)11-14)20-9-6-15(7-10-20)13(2)21/h4-5,11,13,15,19,21H,3,6-10,12H2,1-2H3. The van der Waals surface area contributed by atoms with Gasteiger partial charge in [-0.2, -0.15) is 0 Å². The molecule has 1 aromatic carbocycles. The van der Waals surface area contributed by atoms with Crippen molar-refractivity contribution in [3.05, 3.63) is 28.8 Å². The van der Waals surface area contributed by atoms with E-state index in [9.17, 15) is 5.11 Å². The summed E-state index contributed by atoms with van der Waals surface area (Å²) in [5.74, 6) is 0.428. The Kier molecular flexibility index (Phi) is 6.34. The third kappa shape index (κ3) is 4.60. The highest BCUT2D eigenvalue weighted by atomic mass is 35.5. The van der Waals surface area contributed by atoms with Gasteiger partial charge < -0.3 is 15.3 Å². The van der Waals surface area contributed by atoms with E-state index < -0.39 is 0 Å². The number of nitrogens with one attached hydrogen (secondary N) is 1. The van der Waals surface area contributed by atoms with Gasteiger partial charge in [-0.05, 0) is 56.3 Å². The number of halogens is 1. The van der Waals surface area contributed by atoms with Gasteiger partial charge in [0.1, 0.15) is 0 Å². The Bertz CT molecular complexity index is 442. The smallest absolute Gasteiger partial charge is 0.0642 e. The van der Waals surface area contributed by atoms with E-state index in [1.807, 2.05) is 6.92 Å². The number of aliphatic hydroxyl groups is 1. The first-order valence-electron chi connectivity index (χ1n) is 8.04. The zero-order valence-corrected chi connectivity index (χ0v) is 13.9. The molecule has 1 atom stereocenters. The zero-order valence-electron chi connectivity index (χ0n) is 13.1. The maximum Gasteiger partial charge on any atom is 0.0642 e. The van der Waals surface area contributed by atoms with E-state index in [1.54, 1.807) is 0 Å². The third-order valence-electron chi connectivity index (χ3n) is 4.33. The lowest BCUT2D eigenvalue weighted by molar-refractivity contribution is 0.110. The number of rotatable bonds is 6. The molecule has 2 N–H and O–H groups in total. The number of anilines is 1. The molecule has 0 amide bonds. The molecular weight excluding hydrogens is 284 g/mol. The summed E-state index contributed by atoms with van der Waals surface area (Å²) in [5.41, 5.74) is 2.36. The molecule has 1 heterocycles. The number of nitrogens with zero attached hydrogens (tertiary/aromatic N) is 1. The summed E-state index contributed by atoms with van der Waals surface area (Å²) in [5, 5.41) is 13.9. The van der Waals surface area contributed by atoms with Crippen LogP contribution >= 0.6 is 11.6 Å². The maximum atomic E-state index is 9.68. The van der Waals surface area contributed by atoms with Crippen molar-refractivity contribution in [2.75, 3.05) is 24.5 Å². The van der Waals surface area contributed by atoms with Crippen LogP contribution in [0.25, 0.3) is 0 Å². The van der Waals surface area contributed by atoms with Crippen molar-refractivity contribution in [3.8, 4) is 0 Å². The van der Waals surface area contributed by atoms with Crippen molar-refractivity contribution in [2.45, 2.75) is 45.8 Å². The molecule has 4 heteroatoms. The van der Waals surface area contributed by atoms with E-state index in [4.69, 9.17) is 11.6 Å². The fraction of sp³-hybridized carbons (Fsp3) is 0.647. The molecule has 21 heavy (non-hydrogen) atoms. The fourth-order valence-corrected chi connectivity index (χ4v) is 3.27. The Labute approximate surface area is 133 Å². The average molecular weight is 311 g/mol. The molecule has 1 aliphatic rings. The zero-order chi connectivity index (χ0) is 15.2. The first-order chi connectivity index (χ1) is 10.1. The highest BCUT2D eigenvalue weighted by molar-refractivity contribution is 6.33. The lowest BCUT2D eigenvalue weighted by Crippen LogP contribution is -2.37. The first kappa shape index (κ1) is 16.6. The highest BCUT2D eigenvalue weighted by Crippen LogP contribution is 2.31. The summed E-state index contributed by atoms with van der Waals surface area (Å²) in [6, 6.07) is 6.36. The molecule has 1 aliphatic heterocycles. The topological polar surface area (TPSA) is 35.5 Å². The maximum absolute atomic E-state index is 9.68. The van der Waals surface area contributed by atoms with Gasteiger partial charge in [0.05, 0.1) is 16.8 Å². The van der Waals surface area contributed by atoms with Crippen LogP contribution in [0.1, 0.15) is 38.7 Å². The molecule has 0 bridgehead atoms. The summed E-state index contributed by atoms with van der Waals surface area (Å²) in [6.07, 6.45) is 3.01. The number of aliphatic hydroxyl groups excluding tert-OH is 1. The predicted octanol–water partition coefficient (Wildman–Crippen LogP) is 3.44. The minimum atomic E-state index is -0.199. The van der Waals surface area contributed by atoms with Crippen molar-refractivity contribution in [1.82, 2.24) is 5.32 Å². The molecule has 0 saturated carbocycles. The lowest BCUT2D eigenvalue weighted by Gasteiger charge is -2.35. The number of hydrogen-bond donors (Lipinski definition) is 2. The second-order valence-corrected chi connectivity index (χ2v) is 6.43. The molecule has 0 spiro atoms. The van der Waals surface area contributed by atoms with E-state index in [2.05, 4.69) is 35.3 Å². The third-order valence-corrected chi connectivity index (χ3v) is 4.63. The lowest BCUT2D eigenvalue weighted by atomic mass is 9.92. The van der Waals surface area contributed by atoms with Gasteiger partial charge in [0.2, 0.25) is 0 Å². The van der Waals surface area contributed by atoms with Crippen LogP contribution in [0.15, 0.2) is 18.2 Å². The van der Waals surface area contributed by atoms with Crippen LogP contribution in [-0.2, 0) is 6.54 Å². The molecule has 3 nitrogen and oxygen atoms in total. The quantitative estimate of drug-likeness (QED) is 0.790. The van der Waals surface area contributed by atoms with Crippen molar-refractivity contribution in [3.63, 3.8) is 0 Å². The van der Waals surface area contributed by atoms with Gasteiger partial charge in [0, 0.05) is 19.6 Å². The minimum Gasteiger partial charge on any atom is -0.393 e. The van der Waals surface area contributed by atoms with Crippen LogP contribution in [0.2, 0.25) is 5.02 Å². The van der Waals surface area contributed by atoms with Gasteiger partial charge in [-0.3, -0.25) is 0 Å². The van der Waals surface area contributed by atoms with E-state index in [1.165, 1.54) is 5.56 Å². The molecular formula is C17H27ClN2O. The largest absolute Gasteiger partial charge is 0.393 e. The summed E-state index contributed by atoms with van der Waals surface area (Å²) in [7, 11) is 0. The Balaban J connectivity index is 1.95. The van der Waals surface area contributed by atoms with Crippen molar-refractivity contribution in [1.29, 1.82) is 0 Å². The summed E-state index contributed by atoms with van der Waals surface area (Å²) in [4.78, 5) is 2.34. The summed E-state index contributed by atoms with van der Waals surface area (Å²) < 4.78 is 0. The second kappa shape index (κ2) is 8.02. The van der Waals surface area contributed by atoms with Gasteiger partial charge in [-0.25, -0.2) is 0 Å². The van der Waals surface area contributed by atoms with E-state index in [-0.39, 0.29) is 6.10 Å². The van der Waals surface area contributed by atoms with Gasteiger partial charge in [0.25, 0.3) is 0 Å². The van der Waals surface area contributed by atoms with E-state index >= 15 is 0 Å². The van der Waals surface area contributed by atoms with Crippen molar-refractivity contribution >= 4 is 17.3 Å². The summed E-state index contributed by atoms with van der Waals surface area (Å²) in [6.45, 7) is 7.92. The molecule has 0 aromatic heterocycles. The number of benzene rings is 1. The highest BCUT2D eigenvalue weighted by Gasteiger charge is 2.23. The van der Waals surface area contributed by atoms with Crippen LogP contribution in [0.5, 0.6) is 0 Å². The van der Waals surface area contributed by atoms with Gasteiger partial charge >= 0.3 is 0 Å². The van der Waals surface area contributed by atoms with Crippen molar-refractivity contribution in [2.24, 2.45) is 5.92 Å². The normalized spacial score (nSPS) is 18.0. The SMILES string of the molecule is CCCNCc1ccc(N2CCC(C(C)O)CC2)c(Cl)c1. The van der Waals surface area contributed by atoms with Crippen LogP contribution in [-0.4, -0.2) is 30.8 Å². The first-order valence-corrected chi connectivity index (χ1v) is 8.41. The van der Waals surface area contributed by atoms with Crippen LogP contribution in [0.3, 0.4) is 0 Å². The molecule has 0 aliphatic carbocycles. The predicted molar refractivity (Wildman–Crippen MR) is 90.1 cm³/mol. The van der Waals surface area contributed by atoms with Gasteiger partial charge in [-0.15, -0.1) is 0 Å². The second-order valence-electron chi connectivity index (χ2n) is 6.03.